The average Bonchev–Trinajstić information content (AvgIpc) is 3.43. The molecule has 1 spiro atoms. The van der Waals surface area contributed by atoms with Crippen molar-refractivity contribution in [2.75, 3.05) is 13.2 Å². The first-order chi connectivity index (χ1) is 19.1. The van der Waals surface area contributed by atoms with Gasteiger partial charge in [0.05, 0.1) is 12.0 Å². The van der Waals surface area contributed by atoms with Gasteiger partial charge in [-0.1, -0.05) is 32.1 Å². The van der Waals surface area contributed by atoms with Gasteiger partial charge in [-0.2, -0.15) is 0 Å². The van der Waals surface area contributed by atoms with Gasteiger partial charge < -0.3 is 24.1 Å². The second-order valence-corrected chi connectivity index (χ2v) is 12.3. The summed E-state index contributed by atoms with van der Waals surface area (Å²) in [6.07, 6.45) is 2.59. The molecule has 0 radical (unpaired) electrons. The predicted octanol–water partition coefficient (Wildman–Crippen LogP) is 3.02. The van der Waals surface area contributed by atoms with Gasteiger partial charge in [0.15, 0.2) is 23.6 Å². The quantitative estimate of drug-likeness (QED) is 0.209. The Morgan fingerprint density at radius 1 is 1.02 bits per heavy atom. The Morgan fingerprint density at radius 3 is 2.22 bits per heavy atom. The van der Waals surface area contributed by atoms with Crippen LogP contribution in [0.3, 0.4) is 0 Å². The van der Waals surface area contributed by atoms with E-state index in [0.717, 1.165) is 0 Å². The first kappa shape index (κ1) is 30.7. The van der Waals surface area contributed by atoms with E-state index in [1.165, 1.54) is 20.8 Å². The molecular weight excluding hydrogens is 532 g/mol. The van der Waals surface area contributed by atoms with Crippen LogP contribution in [0.15, 0.2) is 34.9 Å². The van der Waals surface area contributed by atoms with Gasteiger partial charge in [0.25, 0.3) is 0 Å². The number of hydrogen-bond acceptors (Lipinski definition) is 10. The number of ether oxygens (including phenoxy) is 4. The van der Waals surface area contributed by atoms with Crippen molar-refractivity contribution in [1.29, 1.82) is 0 Å². The molecule has 4 aliphatic carbocycles. The summed E-state index contributed by atoms with van der Waals surface area (Å²) < 4.78 is 22.5. The van der Waals surface area contributed by atoms with Crippen molar-refractivity contribution < 1.29 is 48.0 Å². The number of aliphatic hydroxyl groups is 1. The minimum atomic E-state index is -2.23. The smallest absolute Gasteiger partial charge is 0.334 e. The van der Waals surface area contributed by atoms with E-state index in [1.54, 1.807) is 39.0 Å². The largest absolute Gasteiger partial charge is 0.465 e. The van der Waals surface area contributed by atoms with E-state index >= 15 is 0 Å². The Morgan fingerprint density at radius 2 is 1.66 bits per heavy atom. The summed E-state index contributed by atoms with van der Waals surface area (Å²) >= 11 is 0. The van der Waals surface area contributed by atoms with Gasteiger partial charge in [0.1, 0.15) is 6.61 Å². The fraction of sp³-hybridized carbons (Fsp3) is 0.645. The van der Waals surface area contributed by atoms with E-state index < -0.39 is 64.4 Å². The van der Waals surface area contributed by atoms with Crippen molar-refractivity contribution in [1.82, 2.24) is 0 Å². The second kappa shape index (κ2) is 10.5. The molecule has 0 aromatic rings. The molecule has 0 unspecified atom stereocenters. The van der Waals surface area contributed by atoms with Crippen molar-refractivity contribution in [3.05, 3.63) is 34.9 Å². The van der Waals surface area contributed by atoms with Crippen LogP contribution >= 0.6 is 0 Å². The van der Waals surface area contributed by atoms with Crippen LogP contribution in [-0.4, -0.2) is 65.8 Å². The van der Waals surface area contributed by atoms with Gasteiger partial charge in [0, 0.05) is 43.3 Å². The third-order valence-electron chi connectivity index (χ3n) is 9.77. The molecule has 0 aromatic heterocycles. The maximum Gasteiger partial charge on any atom is 0.334 e. The molecule has 10 heteroatoms. The van der Waals surface area contributed by atoms with Crippen LogP contribution in [0, 0.1) is 34.5 Å². The lowest BCUT2D eigenvalue weighted by atomic mass is 9.59. The Balaban J connectivity index is 1.97. The van der Waals surface area contributed by atoms with Crippen molar-refractivity contribution in [3.63, 3.8) is 0 Å². The Bertz CT molecular complexity index is 1280. The third-order valence-corrected chi connectivity index (χ3v) is 9.77. The van der Waals surface area contributed by atoms with Crippen LogP contribution < -0.4 is 0 Å². The zero-order chi connectivity index (χ0) is 30.7. The molecule has 4 aliphatic rings. The average molecular weight is 573 g/mol. The summed E-state index contributed by atoms with van der Waals surface area (Å²) in [5.74, 6) is -4.29. The lowest BCUT2D eigenvalue weighted by molar-refractivity contribution is -0.211. The lowest BCUT2D eigenvalue weighted by Crippen LogP contribution is -2.66. The van der Waals surface area contributed by atoms with E-state index in [-0.39, 0.29) is 42.0 Å². The van der Waals surface area contributed by atoms with Gasteiger partial charge in [-0.15, -0.1) is 0 Å². The highest BCUT2D eigenvalue weighted by Crippen LogP contribution is 2.72. The molecule has 2 saturated carbocycles. The van der Waals surface area contributed by atoms with Gasteiger partial charge in [-0.25, -0.2) is 4.79 Å². The highest BCUT2D eigenvalue weighted by molar-refractivity contribution is 5.96. The van der Waals surface area contributed by atoms with E-state index in [1.807, 2.05) is 13.8 Å². The standard InChI is InChI=1S/C31H40O10/c1-9-15(2)28(36)41-27-21(13-38-18(5)32)11-22-24-23(29(24,8)14-39-19(6)33)10-17(4)30(25(22)35)12-16(3)26(31(27,30)37)40-20(7)34/h9,11-12,17,22-24,26-27,37H,10,13-14H2,1-8H3/b15-9-/t17-,22+,23-,24+,26+,27-,29-,30+,31-/m1/s1. The number of esters is 4. The van der Waals surface area contributed by atoms with Gasteiger partial charge in [0.2, 0.25) is 0 Å². The van der Waals surface area contributed by atoms with Crippen molar-refractivity contribution >= 4 is 29.7 Å². The van der Waals surface area contributed by atoms with E-state index in [0.29, 0.717) is 12.0 Å². The van der Waals surface area contributed by atoms with E-state index in [4.69, 9.17) is 18.9 Å². The number of Topliss-reactive ketones (excluding diaryl/α,β-unsaturated/α-hetero) is 1. The fourth-order valence-electron chi connectivity index (χ4n) is 7.68. The molecule has 1 N–H and O–H groups in total. The summed E-state index contributed by atoms with van der Waals surface area (Å²) in [6.45, 7) is 12.3. The summed E-state index contributed by atoms with van der Waals surface area (Å²) in [5.41, 5.74) is -3.39. The van der Waals surface area contributed by atoms with Crippen LogP contribution in [0.2, 0.25) is 0 Å². The molecule has 0 heterocycles. The second-order valence-electron chi connectivity index (χ2n) is 12.3. The summed E-state index contributed by atoms with van der Waals surface area (Å²) in [6, 6.07) is 0. The number of fused-ring (bicyclic) bond motifs is 3. The van der Waals surface area contributed by atoms with E-state index in [2.05, 4.69) is 0 Å². The summed E-state index contributed by atoms with van der Waals surface area (Å²) in [7, 11) is 0. The fourth-order valence-corrected chi connectivity index (χ4v) is 7.68. The lowest BCUT2D eigenvalue weighted by Gasteiger charge is -2.49. The first-order valence-corrected chi connectivity index (χ1v) is 14.0. The Hall–Kier alpha value is -3.27. The minimum absolute atomic E-state index is 0.0218. The number of hydrogen-bond donors (Lipinski definition) is 1. The van der Waals surface area contributed by atoms with Crippen LogP contribution in [0.25, 0.3) is 0 Å². The zero-order valence-corrected chi connectivity index (χ0v) is 24.9. The summed E-state index contributed by atoms with van der Waals surface area (Å²) in [5, 5.41) is 12.9. The molecule has 0 aromatic carbocycles. The zero-order valence-electron chi connectivity index (χ0n) is 24.9. The normalized spacial score (nSPS) is 39.1. The highest BCUT2D eigenvalue weighted by atomic mass is 16.6. The minimum Gasteiger partial charge on any atom is -0.465 e. The number of ketones is 1. The number of carbonyl (C=O) groups excluding carboxylic acids is 5. The van der Waals surface area contributed by atoms with Crippen molar-refractivity contribution in [2.24, 2.45) is 34.5 Å². The SMILES string of the molecule is C/C=C(/C)C(=O)O[C@@H]1C(COC(C)=O)=C[C@@H]2C(=O)[C@]3(C=C(C)[C@H](OC(C)=O)[C@@]13O)[C@H](C)C[C@@H]1[C@H]2[C@]1(C)COC(C)=O. The Labute approximate surface area is 240 Å². The number of rotatable bonds is 7. The number of allylic oxidation sites excluding steroid dienone is 2. The summed E-state index contributed by atoms with van der Waals surface area (Å²) in [4.78, 5) is 64.0. The molecule has 224 valence electrons. The van der Waals surface area contributed by atoms with Crippen LogP contribution in [0.5, 0.6) is 0 Å². The van der Waals surface area contributed by atoms with Gasteiger partial charge >= 0.3 is 23.9 Å². The van der Waals surface area contributed by atoms with Gasteiger partial charge in [-0.3, -0.25) is 19.2 Å². The maximum atomic E-state index is 14.9. The molecule has 4 rings (SSSR count). The molecule has 2 fully saturated rings. The molecular formula is C31H40O10. The topological polar surface area (TPSA) is 142 Å². The monoisotopic (exact) mass is 572 g/mol. The molecule has 0 amide bonds. The van der Waals surface area contributed by atoms with Crippen LogP contribution in [0.4, 0.5) is 0 Å². The predicted molar refractivity (Wildman–Crippen MR) is 145 cm³/mol. The molecule has 41 heavy (non-hydrogen) atoms. The third kappa shape index (κ3) is 4.64. The van der Waals surface area contributed by atoms with Crippen LogP contribution in [-0.2, 0) is 42.9 Å². The first-order valence-electron chi connectivity index (χ1n) is 14.0. The number of carbonyl (C=O) groups is 5. The molecule has 10 nitrogen and oxygen atoms in total. The molecule has 0 aliphatic heterocycles. The van der Waals surface area contributed by atoms with Crippen molar-refractivity contribution in [2.45, 2.75) is 79.6 Å². The highest BCUT2D eigenvalue weighted by Gasteiger charge is 2.78. The van der Waals surface area contributed by atoms with Crippen molar-refractivity contribution in [3.8, 4) is 0 Å². The maximum absolute atomic E-state index is 14.9. The van der Waals surface area contributed by atoms with Gasteiger partial charge in [-0.05, 0) is 50.5 Å². The molecule has 9 atom stereocenters. The van der Waals surface area contributed by atoms with Crippen LogP contribution in [0.1, 0.15) is 61.8 Å². The van der Waals surface area contributed by atoms with E-state index in [9.17, 15) is 29.1 Å². The Kier molecular flexibility index (Phi) is 7.88. The molecule has 2 bridgehead atoms. The molecule has 0 saturated heterocycles.